The quantitative estimate of drug-likeness (QED) is 0.458. The van der Waals surface area contributed by atoms with Gasteiger partial charge in [0.2, 0.25) is 0 Å². The van der Waals surface area contributed by atoms with Gasteiger partial charge in [0.15, 0.2) is 0 Å². The summed E-state index contributed by atoms with van der Waals surface area (Å²) in [7, 11) is 0. The summed E-state index contributed by atoms with van der Waals surface area (Å²) in [6.07, 6.45) is 1.31. The first-order valence-corrected chi connectivity index (χ1v) is 5.13. The molecule has 0 saturated carbocycles. The topological polar surface area (TPSA) is 50.1 Å². The van der Waals surface area contributed by atoms with Gasteiger partial charge in [-0.2, -0.15) is 5.26 Å². The van der Waals surface area contributed by atoms with Crippen molar-refractivity contribution in [3.63, 3.8) is 0 Å². The highest BCUT2D eigenvalue weighted by molar-refractivity contribution is 5.97. The van der Waals surface area contributed by atoms with Gasteiger partial charge >= 0.3 is 5.97 Å². The molecule has 0 heterocycles. The molecule has 1 rings (SSSR count). The summed E-state index contributed by atoms with van der Waals surface area (Å²) in [6.45, 7) is 3.48. The smallest absolute Gasteiger partial charge is 0.348 e. The Hall–Kier alpha value is -2.15. The molecule has 0 aromatic heterocycles. The molecule has 17 heavy (non-hydrogen) atoms. The van der Waals surface area contributed by atoms with Gasteiger partial charge in [0.05, 0.1) is 6.61 Å². The van der Waals surface area contributed by atoms with Crippen molar-refractivity contribution in [2.45, 2.75) is 13.8 Å². The Balaban J connectivity index is 3.03. The lowest BCUT2D eigenvalue weighted by Crippen LogP contribution is -2.06. The van der Waals surface area contributed by atoms with E-state index in [2.05, 4.69) is 0 Å². The normalized spacial score (nSPS) is 10.8. The Labute approximate surface area is 99.1 Å². The largest absolute Gasteiger partial charge is 0.462 e. The first-order valence-electron chi connectivity index (χ1n) is 5.13. The highest BCUT2D eigenvalue weighted by Gasteiger charge is 2.09. The van der Waals surface area contributed by atoms with Crippen molar-refractivity contribution in [3.8, 4) is 6.07 Å². The zero-order valence-corrected chi connectivity index (χ0v) is 9.66. The maximum absolute atomic E-state index is 13.3. The molecule has 1 aromatic rings. The van der Waals surface area contributed by atoms with E-state index in [1.165, 1.54) is 12.1 Å². The maximum Gasteiger partial charge on any atom is 0.348 e. The zero-order valence-electron chi connectivity index (χ0n) is 9.66. The SMILES string of the molecule is CCOC(=O)/C(C#N)=C\c1ccc(C)c(F)c1. The van der Waals surface area contributed by atoms with Crippen LogP contribution in [0.4, 0.5) is 4.39 Å². The lowest BCUT2D eigenvalue weighted by molar-refractivity contribution is -0.137. The number of benzene rings is 1. The van der Waals surface area contributed by atoms with Crippen molar-refractivity contribution >= 4 is 12.0 Å². The Kier molecular flexibility index (Phi) is 4.41. The minimum Gasteiger partial charge on any atom is -0.462 e. The van der Waals surface area contributed by atoms with Crippen LogP contribution in [0.1, 0.15) is 18.1 Å². The number of carbonyl (C=O) groups excluding carboxylic acids is 1. The molecule has 0 N–H and O–H groups in total. The molecular formula is C13H12FNO2. The Morgan fingerprint density at radius 3 is 2.82 bits per heavy atom. The van der Waals surface area contributed by atoms with Gasteiger partial charge in [0.1, 0.15) is 17.5 Å². The van der Waals surface area contributed by atoms with Gasteiger partial charge in [-0.15, -0.1) is 0 Å². The molecule has 0 aliphatic rings. The average Bonchev–Trinajstić information content (AvgIpc) is 2.30. The van der Waals surface area contributed by atoms with Crippen LogP contribution in [-0.2, 0) is 9.53 Å². The molecule has 3 nitrogen and oxygen atoms in total. The van der Waals surface area contributed by atoms with Gasteiger partial charge in [0.25, 0.3) is 0 Å². The number of hydrogen-bond donors (Lipinski definition) is 0. The van der Waals surface area contributed by atoms with E-state index >= 15 is 0 Å². The zero-order chi connectivity index (χ0) is 12.8. The highest BCUT2D eigenvalue weighted by Crippen LogP contribution is 2.13. The number of nitriles is 1. The first-order chi connectivity index (χ1) is 8.08. The summed E-state index contributed by atoms with van der Waals surface area (Å²) in [4.78, 5) is 11.3. The molecule has 1 aromatic carbocycles. The molecule has 0 spiro atoms. The Morgan fingerprint density at radius 2 is 2.29 bits per heavy atom. The molecule has 0 bridgehead atoms. The van der Waals surface area contributed by atoms with E-state index in [4.69, 9.17) is 10.00 Å². The molecular weight excluding hydrogens is 221 g/mol. The van der Waals surface area contributed by atoms with E-state index in [0.717, 1.165) is 0 Å². The minimum absolute atomic E-state index is 0.143. The third kappa shape index (κ3) is 3.42. The number of ether oxygens (including phenoxy) is 1. The third-order valence-corrected chi connectivity index (χ3v) is 2.12. The molecule has 0 saturated heterocycles. The van der Waals surface area contributed by atoms with E-state index in [9.17, 15) is 9.18 Å². The van der Waals surface area contributed by atoms with Crippen molar-refractivity contribution in [2.24, 2.45) is 0 Å². The van der Waals surface area contributed by atoms with Crippen LogP contribution < -0.4 is 0 Å². The Bertz CT molecular complexity index is 501. The fourth-order valence-corrected chi connectivity index (χ4v) is 1.21. The second-order valence-electron chi connectivity index (χ2n) is 3.40. The fourth-order valence-electron chi connectivity index (χ4n) is 1.21. The molecule has 0 aliphatic heterocycles. The van der Waals surface area contributed by atoms with Gasteiger partial charge in [-0.05, 0) is 37.1 Å². The van der Waals surface area contributed by atoms with Crippen LogP contribution in [0.3, 0.4) is 0 Å². The van der Waals surface area contributed by atoms with Crippen LogP contribution in [-0.4, -0.2) is 12.6 Å². The van der Waals surface area contributed by atoms with Crippen LogP contribution in [0.25, 0.3) is 6.08 Å². The fraction of sp³-hybridized carbons (Fsp3) is 0.231. The number of hydrogen-bond acceptors (Lipinski definition) is 3. The number of carbonyl (C=O) groups is 1. The maximum atomic E-state index is 13.3. The number of halogens is 1. The lowest BCUT2D eigenvalue weighted by atomic mass is 10.1. The summed E-state index contributed by atoms with van der Waals surface area (Å²) >= 11 is 0. The van der Waals surface area contributed by atoms with Gasteiger partial charge in [-0.25, -0.2) is 9.18 Å². The van der Waals surface area contributed by atoms with Crippen LogP contribution in [0.15, 0.2) is 23.8 Å². The monoisotopic (exact) mass is 233 g/mol. The summed E-state index contributed by atoms with van der Waals surface area (Å²) in [6, 6.07) is 6.22. The second-order valence-corrected chi connectivity index (χ2v) is 3.40. The second kappa shape index (κ2) is 5.80. The van der Waals surface area contributed by atoms with Crippen molar-refractivity contribution in [2.75, 3.05) is 6.61 Å². The van der Waals surface area contributed by atoms with Gasteiger partial charge < -0.3 is 4.74 Å². The molecule has 0 atom stereocenters. The van der Waals surface area contributed by atoms with Crippen molar-refractivity contribution in [3.05, 3.63) is 40.7 Å². The van der Waals surface area contributed by atoms with E-state index < -0.39 is 5.97 Å². The van der Waals surface area contributed by atoms with Crippen LogP contribution in [0, 0.1) is 24.1 Å². The third-order valence-electron chi connectivity index (χ3n) is 2.12. The van der Waals surface area contributed by atoms with Crippen molar-refractivity contribution in [1.82, 2.24) is 0 Å². The molecule has 0 amide bonds. The van der Waals surface area contributed by atoms with E-state index in [1.807, 2.05) is 0 Å². The standard InChI is InChI=1S/C13H12FNO2/c1-3-17-13(16)11(8-15)6-10-5-4-9(2)12(14)7-10/h4-7H,3H2,1-2H3/b11-6-. The number of rotatable bonds is 3. The average molecular weight is 233 g/mol. The summed E-state index contributed by atoms with van der Waals surface area (Å²) < 4.78 is 18.0. The van der Waals surface area contributed by atoms with Crippen LogP contribution in [0.5, 0.6) is 0 Å². The molecule has 0 fully saturated rings. The van der Waals surface area contributed by atoms with Gasteiger partial charge in [-0.3, -0.25) is 0 Å². The molecule has 0 radical (unpaired) electrons. The molecule has 88 valence electrons. The highest BCUT2D eigenvalue weighted by atomic mass is 19.1. The summed E-state index contributed by atoms with van der Waals surface area (Å²) in [5, 5.41) is 8.80. The molecule has 0 unspecified atom stereocenters. The van der Waals surface area contributed by atoms with E-state index in [1.54, 1.807) is 32.0 Å². The lowest BCUT2D eigenvalue weighted by Gasteiger charge is -2.01. The first kappa shape index (κ1) is 12.9. The van der Waals surface area contributed by atoms with Gasteiger partial charge in [0, 0.05) is 0 Å². The van der Waals surface area contributed by atoms with Crippen LogP contribution in [0.2, 0.25) is 0 Å². The van der Waals surface area contributed by atoms with E-state index in [0.29, 0.717) is 11.1 Å². The summed E-state index contributed by atoms with van der Waals surface area (Å²) in [5.41, 5.74) is 0.824. The number of aryl methyl sites for hydroxylation is 1. The minimum atomic E-state index is -0.698. The summed E-state index contributed by atoms with van der Waals surface area (Å²) in [5.74, 6) is -1.07. The predicted molar refractivity (Wildman–Crippen MR) is 61.4 cm³/mol. The van der Waals surface area contributed by atoms with Crippen molar-refractivity contribution < 1.29 is 13.9 Å². The number of esters is 1. The Morgan fingerprint density at radius 1 is 1.59 bits per heavy atom. The number of nitrogens with zero attached hydrogens (tertiary/aromatic N) is 1. The molecule has 0 aliphatic carbocycles. The van der Waals surface area contributed by atoms with Crippen molar-refractivity contribution in [1.29, 1.82) is 5.26 Å². The van der Waals surface area contributed by atoms with E-state index in [-0.39, 0.29) is 18.0 Å². The van der Waals surface area contributed by atoms with Gasteiger partial charge in [-0.1, -0.05) is 12.1 Å². The van der Waals surface area contributed by atoms with Crippen LogP contribution >= 0.6 is 0 Å². The molecule has 4 heteroatoms. The predicted octanol–water partition coefficient (Wildman–Crippen LogP) is 2.60.